The molecule has 0 saturated carbocycles. The van der Waals surface area contributed by atoms with E-state index in [1.807, 2.05) is 18.2 Å². The highest BCUT2D eigenvalue weighted by Gasteiger charge is 2.21. The Morgan fingerprint density at radius 3 is 2.81 bits per heavy atom. The maximum Gasteiger partial charge on any atom is 0.136 e. The molecule has 2 aromatic rings. The first-order valence-electron chi connectivity index (χ1n) is 7.22. The number of rotatable bonds is 4. The number of hydrogen-bond acceptors (Lipinski definition) is 3. The Kier molecular flexibility index (Phi) is 4.34. The minimum atomic E-state index is -0.128. The number of para-hydroxylation sites is 2. The van der Waals surface area contributed by atoms with E-state index in [1.54, 1.807) is 17.8 Å². The summed E-state index contributed by atoms with van der Waals surface area (Å²) in [6.07, 6.45) is 0. The summed E-state index contributed by atoms with van der Waals surface area (Å²) in [5.41, 5.74) is 2.43. The summed E-state index contributed by atoms with van der Waals surface area (Å²) < 4.78 is 13.6. The highest BCUT2D eigenvalue weighted by atomic mass is 32.2. The second kappa shape index (κ2) is 6.39. The molecule has 0 aromatic heterocycles. The summed E-state index contributed by atoms with van der Waals surface area (Å²) in [6, 6.07) is 15.8. The third-order valence-electron chi connectivity index (χ3n) is 3.76. The Hall–Kier alpha value is -1.68. The fourth-order valence-corrected chi connectivity index (χ4v) is 3.52. The smallest absolute Gasteiger partial charge is 0.136 e. The third kappa shape index (κ3) is 3.16. The Morgan fingerprint density at radius 2 is 1.95 bits per heavy atom. The van der Waals surface area contributed by atoms with E-state index in [0.29, 0.717) is 6.04 Å². The van der Waals surface area contributed by atoms with Crippen molar-refractivity contribution in [2.45, 2.75) is 17.9 Å². The molecule has 110 valence electrons. The van der Waals surface area contributed by atoms with Gasteiger partial charge in [-0.25, -0.2) is 4.39 Å². The summed E-state index contributed by atoms with van der Waals surface area (Å²) in [5, 5.41) is 3.45. The van der Waals surface area contributed by atoms with Crippen molar-refractivity contribution in [1.82, 2.24) is 0 Å². The minimum absolute atomic E-state index is 0.128. The van der Waals surface area contributed by atoms with Gasteiger partial charge >= 0.3 is 0 Å². The van der Waals surface area contributed by atoms with E-state index < -0.39 is 0 Å². The van der Waals surface area contributed by atoms with Gasteiger partial charge in [-0.2, -0.15) is 0 Å². The molecule has 1 aliphatic heterocycles. The van der Waals surface area contributed by atoms with Crippen LogP contribution < -0.4 is 10.2 Å². The second-order valence-electron chi connectivity index (χ2n) is 5.22. The van der Waals surface area contributed by atoms with E-state index in [0.717, 1.165) is 23.7 Å². The maximum atomic E-state index is 13.6. The highest BCUT2D eigenvalue weighted by molar-refractivity contribution is 7.99. The zero-order valence-electron chi connectivity index (χ0n) is 12.1. The van der Waals surface area contributed by atoms with Crippen LogP contribution in [0.4, 0.5) is 15.8 Å². The van der Waals surface area contributed by atoms with E-state index in [-0.39, 0.29) is 5.82 Å². The number of halogens is 1. The van der Waals surface area contributed by atoms with E-state index in [9.17, 15) is 4.39 Å². The summed E-state index contributed by atoms with van der Waals surface area (Å²) in [6.45, 7) is 4.08. The fraction of sp³-hybridized carbons (Fsp3) is 0.294. The lowest BCUT2D eigenvalue weighted by Gasteiger charge is -2.37. The Balaban J connectivity index is 1.66. The number of thioether (sulfide) groups is 1. The van der Waals surface area contributed by atoms with Crippen LogP contribution >= 0.6 is 11.8 Å². The summed E-state index contributed by atoms with van der Waals surface area (Å²) >= 11 is 1.58. The van der Waals surface area contributed by atoms with Crippen molar-refractivity contribution in [2.24, 2.45) is 0 Å². The zero-order chi connectivity index (χ0) is 14.7. The van der Waals surface area contributed by atoms with Crippen LogP contribution in [-0.2, 0) is 0 Å². The number of fused-ring (bicyclic) bond motifs is 1. The molecule has 0 radical (unpaired) electrons. The Morgan fingerprint density at radius 1 is 1.19 bits per heavy atom. The van der Waals surface area contributed by atoms with Crippen LogP contribution in [0, 0.1) is 5.82 Å². The monoisotopic (exact) mass is 302 g/mol. The van der Waals surface area contributed by atoms with Crippen LogP contribution in [0.1, 0.15) is 6.92 Å². The van der Waals surface area contributed by atoms with E-state index >= 15 is 0 Å². The molecule has 1 heterocycles. The lowest BCUT2D eigenvalue weighted by molar-refractivity contribution is 0.602. The van der Waals surface area contributed by atoms with Gasteiger partial charge in [-0.1, -0.05) is 24.3 Å². The molecule has 1 aliphatic rings. The van der Waals surface area contributed by atoms with Gasteiger partial charge in [0.25, 0.3) is 0 Å². The predicted molar refractivity (Wildman–Crippen MR) is 88.9 cm³/mol. The summed E-state index contributed by atoms with van der Waals surface area (Å²) in [5.74, 6) is 0.746. The minimum Gasteiger partial charge on any atom is -0.381 e. The molecule has 4 heteroatoms. The van der Waals surface area contributed by atoms with Gasteiger partial charge < -0.3 is 10.2 Å². The molecule has 21 heavy (non-hydrogen) atoms. The van der Waals surface area contributed by atoms with Crippen molar-refractivity contribution in [3.63, 3.8) is 0 Å². The number of anilines is 2. The number of nitrogens with one attached hydrogen (secondary N) is 1. The van der Waals surface area contributed by atoms with E-state index in [2.05, 4.69) is 35.3 Å². The van der Waals surface area contributed by atoms with Gasteiger partial charge in [-0.15, -0.1) is 11.8 Å². The van der Waals surface area contributed by atoms with Gasteiger partial charge in [0, 0.05) is 29.8 Å². The lowest BCUT2D eigenvalue weighted by Crippen LogP contribution is -2.43. The number of benzene rings is 2. The average Bonchev–Trinajstić information content (AvgIpc) is 2.51. The van der Waals surface area contributed by atoms with Crippen LogP contribution in [0.15, 0.2) is 53.4 Å². The first-order chi connectivity index (χ1) is 10.3. The Labute approximate surface area is 129 Å². The molecule has 0 fully saturated rings. The van der Waals surface area contributed by atoms with Crippen LogP contribution in [0.5, 0.6) is 0 Å². The van der Waals surface area contributed by atoms with Crippen molar-refractivity contribution in [1.29, 1.82) is 0 Å². The van der Waals surface area contributed by atoms with Crippen LogP contribution in [-0.4, -0.2) is 24.9 Å². The SMILES string of the molecule is CC1CNc2ccccc2N1CCSc1ccccc1F. The highest BCUT2D eigenvalue weighted by Crippen LogP contribution is 2.31. The van der Waals surface area contributed by atoms with Crippen molar-refractivity contribution < 1.29 is 4.39 Å². The molecule has 1 N–H and O–H groups in total. The van der Waals surface area contributed by atoms with Gasteiger partial charge in [0.05, 0.1) is 11.4 Å². The quantitative estimate of drug-likeness (QED) is 0.851. The molecular weight excluding hydrogens is 283 g/mol. The molecule has 3 rings (SSSR count). The molecule has 0 bridgehead atoms. The van der Waals surface area contributed by atoms with Crippen molar-refractivity contribution in [2.75, 3.05) is 29.1 Å². The van der Waals surface area contributed by atoms with Crippen LogP contribution in [0.2, 0.25) is 0 Å². The van der Waals surface area contributed by atoms with Gasteiger partial charge in [-0.05, 0) is 31.2 Å². The molecule has 0 aliphatic carbocycles. The number of nitrogens with zero attached hydrogens (tertiary/aromatic N) is 1. The zero-order valence-corrected chi connectivity index (χ0v) is 12.9. The molecule has 1 atom stereocenters. The third-order valence-corrected chi connectivity index (χ3v) is 4.79. The topological polar surface area (TPSA) is 15.3 Å². The normalized spacial score (nSPS) is 17.2. The van der Waals surface area contributed by atoms with Crippen LogP contribution in [0.25, 0.3) is 0 Å². The first-order valence-corrected chi connectivity index (χ1v) is 8.21. The number of hydrogen-bond donors (Lipinski definition) is 1. The van der Waals surface area contributed by atoms with Crippen LogP contribution in [0.3, 0.4) is 0 Å². The van der Waals surface area contributed by atoms with Gasteiger partial charge in [0.15, 0.2) is 0 Å². The van der Waals surface area contributed by atoms with Crippen molar-refractivity contribution in [3.05, 3.63) is 54.3 Å². The lowest BCUT2D eigenvalue weighted by atomic mass is 10.1. The molecule has 0 spiro atoms. The first kappa shape index (κ1) is 14.3. The molecular formula is C17H19FN2S. The molecule has 0 amide bonds. The Bertz CT molecular complexity index is 617. The molecule has 1 unspecified atom stereocenters. The standard InChI is InChI=1S/C17H19FN2S/c1-13-12-19-15-7-3-4-8-16(15)20(13)10-11-21-17-9-5-2-6-14(17)18/h2-9,13,19H,10-12H2,1H3. The predicted octanol–water partition coefficient (Wildman–Crippen LogP) is 4.24. The van der Waals surface area contributed by atoms with Gasteiger partial charge in [0.2, 0.25) is 0 Å². The average molecular weight is 302 g/mol. The fourth-order valence-electron chi connectivity index (χ4n) is 2.64. The van der Waals surface area contributed by atoms with Gasteiger partial charge in [0.1, 0.15) is 5.82 Å². The largest absolute Gasteiger partial charge is 0.381 e. The van der Waals surface area contributed by atoms with E-state index in [4.69, 9.17) is 0 Å². The summed E-state index contributed by atoms with van der Waals surface area (Å²) in [7, 11) is 0. The van der Waals surface area contributed by atoms with Crippen molar-refractivity contribution >= 4 is 23.1 Å². The van der Waals surface area contributed by atoms with Gasteiger partial charge in [-0.3, -0.25) is 0 Å². The molecule has 2 aromatic carbocycles. The van der Waals surface area contributed by atoms with E-state index in [1.165, 1.54) is 17.4 Å². The summed E-state index contributed by atoms with van der Waals surface area (Å²) in [4.78, 5) is 3.13. The maximum absolute atomic E-state index is 13.6. The second-order valence-corrected chi connectivity index (χ2v) is 6.36. The molecule has 0 saturated heterocycles. The van der Waals surface area contributed by atoms with Crippen molar-refractivity contribution in [3.8, 4) is 0 Å². The molecule has 2 nitrogen and oxygen atoms in total.